The molecule has 1 aromatic heterocycles. The van der Waals surface area contributed by atoms with Gasteiger partial charge >= 0.3 is 0 Å². The molecule has 37 heavy (non-hydrogen) atoms. The Bertz CT molecular complexity index is 1440. The first-order valence-electron chi connectivity index (χ1n) is 13.5. The van der Waals surface area contributed by atoms with Gasteiger partial charge in [-0.3, -0.25) is 4.90 Å². The molecule has 0 bridgehead atoms. The predicted molar refractivity (Wildman–Crippen MR) is 151 cm³/mol. The molecule has 6 rings (SSSR count). The Morgan fingerprint density at radius 2 is 1.54 bits per heavy atom. The van der Waals surface area contributed by atoms with Gasteiger partial charge in [-0.15, -0.1) is 0 Å². The number of hydrogen-bond donors (Lipinski definition) is 1. The van der Waals surface area contributed by atoms with Crippen molar-refractivity contribution in [3.8, 4) is 11.1 Å². The maximum atomic E-state index is 13.3. The normalized spacial score (nSPS) is 20.1. The highest BCUT2D eigenvalue weighted by atomic mass is 32.2. The van der Waals surface area contributed by atoms with E-state index >= 15 is 0 Å². The average molecular weight is 514 g/mol. The van der Waals surface area contributed by atoms with Crippen LogP contribution in [0.1, 0.15) is 48.8 Å². The van der Waals surface area contributed by atoms with E-state index < -0.39 is 10.0 Å². The molecule has 192 valence electrons. The fourth-order valence-electron chi connectivity index (χ4n) is 6.24. The molecule has 0 saturated carbocycles. The van der Waals surface area contributed by atoms with Gasteiger partial charge in [0.15, 0.2) is 0 Å². The number of aromatic amines is 1. The zero-order valence-corrected chi connectivity index (χ0v) is 22.0. The summed E-state index contributed by atoms with van der Waals surface area (Å²) < 4.78 is 28.3. The molecular weight excluding hydrogens is 478 g/mol. The van der Waals surface area contributed by atoms with Crippen molar-refractivity contribution in [2.75, 3.05) is 31.9 Å². The van der Waals surface area contributed by atoms with Crippen LogP contribution in [-0.2, 0) is 10.0 Å². The van der Waals surface area contributed by atoms with E-state index in [9.17, 15) is 8.42 Å². The summed E-state index contributed by atoms with van der Waals surface area (Å²) in [5.74, 6) is 0.571. The molecule has 3 aromatic carbocycles. The van der Waals surface area contributed by atoms with Crippen molar-refractivity contribution < 1.29 is 8.42 Å². The highest BCUT2D eigenvalue weighted by Crippen LogP contribution is 2.36. The topological polar surface area (TPSA) is 56.4 Å². The zero-order valence-electron chi connectivity index (χ0n) is 21.2. The zero-order chi connectivity index (χ0) is 25.2. The minimum absolute atomic E-state index is 0.203. The molecule has 2 aliphatic rings. The summed E-state index contributed by atoms with van der Waals surface area (Å²) in [6.07, 6.45) is 6.08. The van der Waals surface area contributed by atoms with Crippen molar-refractivity contribution in [3.05, 3.63) is 96.2 Å². The number of H-pyrrole nitrogens is 1. The second-order valence-corrected chi connectivity index (χ2v) is 12.6. The van der Waals surface area contributed by atoms with E-state index in [1.165, 1.54) is 27.6 Å². The van der Waals surface area contributed by atoms with Gasteiger partial charge in [-0.1, -0.05) is 66.7 Å². The Morgan fingerprint density at radius 1 is 0.811 bits per heavy atom. The molecule has 0 radical (unpaired) electrons. The van der Waals surface area contributed by atoms with Crippen molar-refractivity contribution in [2.24, 2.45) is 0 Å². The van der Waals surface area contributed by atoms with Crippen LogP contribution in [-0.4, -0.2) is 54.5 Å². The molecule has 2 aliphatic heterocycles. The van der Waals surface area contributed by atoms with Crippen molar-refractivity contribution in [1.29, 1.82) is 0 Å². The molecule has 1 N–H and O–H groups in total. The van der Waals surface area contributed by atoms with Crippen molar-refractivity contribution in [2.45, 2.75) is 37.6 Å². The van der Waals surface area contributed by atoms with Crippen LogP contribution in [0.4, 0.5) is 0 Å². The third-order valence-electron chi connectivity index (χ3n) is 8.29. The number of nitrogens with one attached hydrogen (secondary N) is 1. The Morgan fingerprint density at radius 3 is 2.30 bits per heavy atom. The van der Waals surface area contributed by atoms with E-state index in [0.29, 0.717) is 31.6 Å². The van der Waals surface area contributed by atoms with Crippen LogP contribution in [0, 0.1) is 0 Å². The largest absolute Gasteiger partial charge is 0.361 e. The van der Waals surface area contributed by atoms with E-state index in [4.69, 9.17) is 0 Å². The van der Waals surface area contributed by atoms with Crippen LogP contribution >= 0.6 is 0 Å². The van der Waals surface area contributed by atoms with Crippen LogP contribution in [0.5, 0.6) is 0 Å². The average Bonchev–Trinajstić information content (AvgIpc) is 3.60. The van der Waals surface area contributed by atoms with Gasteiger partial charge < -0.3 is 4.98 Å². The fraction of sp³-hybridized carbons (Fsp3) is 0.355. The van der Waals surface area contributed by atoms with E-state index in [0.717, 1.165) is 37.7 Å². The molecule has 2 fully saturated rings. The summed E-state index contributed by atoms with van der Waals surface area (Å²) in [4.78, 5) is 5.79. The lowest BCUT2D eigenvalue weighted by molar-refractivity contribution is 0.267. The molecule has 0 spiro atoms. The quantitative estimate of drug-likeness (QED) is 0.321. The third-order valence-corrected chi connectivity index (χ3v) is 10.1. The van der Waals surface area contributed by atoms with Crippen LogP contribution in [0.15, 0.2) is 85.1 Å². The summed E-state index contributed by atoms with van der Waals surface area (Å²) in [7, 11) is -3.27. The monoisotopic (exact) mass is 513 g/mol. The maximum absolute atomic E-state index is 13.3. The molecule has 3 heterocycles. The molecule has 4 aromatic rings. The van der Waals surface area contributed by atoms with Crippen LogP contribution in [0.2, 0.25) is 0 Å². The third kappa shape index (κ3) is 5.11. The molecule has 1 unspecified atom stereocenters. The number of sulfonamides is 1. The summed E-state index contributed by atoms with van der Waals surface area (Å²) >= 11 is 0. The first-order valence-corrected chi connectivity index (χ1v) is 15.1. The van der Waals surface area contributed by atoms with E-state index in [1.54, 1.807) is 4.31 Å². The molecule has 2 saturated heterocycles. The number of aromatic nitrogens is 1. The first kappa shape index (κ1) is 24.4. The number of piperidine rings is 1. The SMILES string of the molecule is O=S(=O)(CCN1CCCC1c1ccccc1)N1CCC(c2c[nH]c3ccc(-c4ccccc4)cc23)CC1. The summed E-state index contributed by atoms with van der Waals surface area (Å²) in [5, 5.41) is 1.25. The summed E-state index contributed by atoms with van der Waals surface area (Å²) in [6, 6.07) is 27.9. The fourth-order valence-corrected chi connectivity index (χ4v) is 7.73. The van der Waals surface area contributed by atoms with Gasteiger partial charge in [0.2, 0.25) is 10.0 Å². The number of likely N-dealkylation sites (tertiary alicyclic amines) is 1. The lowest BCUT2D eigenvalue weighted by atomic mass is 9.89. The predicted octanol–water partition coefficient (Wildman–Crippen LogP) is 6.18. The molecule has 0 amide bonds. The van der Waals surface area contributed by atoms with Gasteiger partial charge in [-0.2, -0.15) is 0 Å². The standard InChI is InChI=1S/C31H35N3O2S/c35-37(36,21-20-33-17-7-12-31(33)26-10-5-2-6-11-26)34-18-15-25(16-19-34)29-23-32-30-14-13-27(22-28(29)30)24-8-3-1-4-9-24/h1-6,8-11,13-14,22-23,25,31-32H,7,12,15-21H2. The van der Waals surface area contributed by atoms with Crippen LogP contribution in [0.3, 0.4) is 0 Å². The molecular formula is C31H35N3O2S. The maximum Gasteiger partial charge on any atom is 0.215 e. The van der Waals surface area contributed by atoms with Crippen LogP contribution in [0.25, 0.3) is 22.0 Å². The van der Waals surface area contributed by atoms with Gasteiger partial charge in [0, 0.05) is 42.8 Å². The number of hydrogen-bond acceptors (Lipinski definition) is 3. The van der Waals surface area contributed by atoms with Crippen LogP contribution < -0.4 is 0 Å². The lowest BCUT2D eigenvalue weighted by Gasteiger charge is -2.32. The van der Waals surface area contributed by atoms with Crippen molar-refractivity contribution >= 4 is 20.9 Å². The van der Waals surface area contributed by atoms with Gasteiger partial charge in [-0.05, 0) is 72.5 Å². The van der Waals surface area contributed by atoms with Gasteiger partial charge in [-0.25, -0.2) is 12.7 Å². The summed E-state index contributed by atoms with van der Waals surface area (Å²) in [5.41, 5.74) is 6.18. The van der Waals surface area contributed by atoms with Crippen molar-refractivity contribution in [3.63, 3.8) is 0 Å². The van der Waals surface area contributed by atoms with Gasteiger partial charge in [0.05, 0.1) is 5.75 Å². The van der Waals surface area contributed by atoms with Crippen molar-refractivity contribution in [1.82, 2.24) is 14.2 Å². The number of nitrogens with zero attached hydrogens (tertiary/aromatic N) is 2. The van der Waals surface area contributed by atoms with E-state index in [2.05, 4.69) is 82.8 Å². The lowest BCUT2D eigenvalue weighted by Crippen LogP contribution is -2.41. The molecule has 1 atom stereocenters. The Labute approximate surface area is 220 Å². The number of benzene rings is 3. The molecule has 6 heteroatoms. The number of fused-ring (bicyclic) bond motifs is 1. The minimum atomic E-state index is -3.27. The smallest absolute Gasteiger partial charge is 0.215 e. The van der Waals surface area contributed by atoms with E-state index in [-0.39, 0.29) is 5.75 Å². The van der Waals surface area contributed by atoms with E-state index in [1.807, 2.05) is 12.1 Å². The highest BCUT2D eigenvalue weighted by Gasteiger charge is 2.32. The Kier molecular flexibility index (Phi) is 6.89. The number of rotatable bonds is 7. The minimum Gasteiger partial charge on any atom is -0.361 e. The van der Waals surface area contributed by atoms with Gasteiger partial charge in [0.1, 0.15) is 0 Å². The molecule has 5 nitrogen and oxygen atoms in total. The Hall–Kier alpha value is -2.93. The van der Waals surface area contributed by atoms with Gasteiger partial charge in [0.25, 0.3) is 0 Å². The second kappa shape index (κ2) is 10.4. The summed E-state index contributed by atoms with van der Waals surface area (Å²) in [6.45, 7) is 2.77. The second-order valence-electron chi connectivity index (χ2n) is 10.5. The first-order chi connectivity index (χ1) is 18.1. The molecule has 0 aliphatic carbocycles. The highest BCUT2D eigenvalue weighted by molar-refractivity contribution is 7.89. The Balaban J connectivity index is 1.10.